The van der Waals surface area contributed by atoms with Crippen LogP contribution in [-0.2, 0) is 13.1 Å². The monoisotopic (exact) mass is 349 g/mol. The first-order chi connectivity index (χ1) is 12.2. The number of hydrogen-bond donors (Lipinski definition) is 2. The van der Waals surface area contributed by atoms with E-state index in [0.717, 1.165) is 45.6 Å². The SMILES string of the molecule is CCn1c(=S)[nH]c2cc3c(NCc4ccc(C)cc4)ncnc3cc21. The van der Waals surface area contributed by atoms with Gasteiger partial charge in [-0.05, 0) is 43.8 Å². The third-order valence-electron chi connectivity index (χ3n) is 4.43. The van der Waals surface area contributed by atoms with E-state index in [1.807, 2.05) is 0 Å². The molecule has 126 valence electrons. The topological polar surface area (TPSA) is 58.5 Å². The number of benzene rings is 2. The quantitative estimate of drug-likeness (QED) is 0.529. The molecule has 6 heteroatoms. The molecule has 0 fully saturated rings. The van der Waals surface area contributed by atoms with Crippen molar-refractivity contribution in [3.05, 3.63) is 58.6 Å². The fraction of sp³-hybridized carbons (Fsp3) is 0.211. The molecular formula is C19H19N5S. The molecule has 0 unspecified atom stereocenters. The third-order valence-corrected chi connectivity index (χ3v) is 4.75. The van der Waals surface area contributed by atoms with Crippen molar-refractivity contribution in [1.82, 2.24) is 19.5 Å². The van der Waals surface area contributed by atoms with E-state index < -0.39 is 0 Å². The lowest BCUT2D eigenvalue weighted by Gasteiger charge is -2.09. The maximum Gasteiger partial charge on any atom is 0.178 e. The third kappa shape index (κ3) is 2.89. The Bertz CT molecular complexity index is 1110. The average Bonchev–Trinajstić information content (AvgIpc) is 2.93. The van der Waals surface area contributed by atoms with E-state index in [0.29, 0.717) is 0 Å². The first kappa shape index (κ1) is 15.8. The number of aromatic amines is 1. The number of fused-ring (bicyclic) bond motifs is 2. The molecule has 2 aromatic heterocycles. The van der Waals surface area contributed by atoms with E-state index in [9.17, 15) is 0 Å². The van der Waals surface area contributed by atoms with Gasteiger partial charge in [0.15, 0.2) is 4.77 Å². The predicted molar refractivity (Wildman–Crippen MR) is 104 cm³/mol. The van der Waals surface area contributed by atoms with Gasteiger partial charge >= 0.3 is 0 Å². The van der Waals surface area contributed by atoms with Gasteiger partial charge in [-0.1, -0.05) is 29.8 Å². The fourth-order valence-corrected chi connectivity index (χ4v) is 3.39. The van der Waals surface area contributed by atoms with Crippen molar-refractivity contribution in [2.75, 3.05) is 5.32 Å². The molecule has 0 atom stereocenters. The Balaban J connectivity index is 1.75. The van der Waals surface area contributed by atoms with Crippen LogP contribution in [0.3, 0.4) is 0 Å². The molecule has 4 rings (SSSR count). The first-order valence-corrected chi connectivity index (χ1v) is 8.73. The minimum atomic E-state index is 0.719. The van der Waals surface area contributed by atoms with Crippen molar-refractivity contribution in [1.29, 1.82) is 0 Å². The molecule has 4 aromatic rings. The van der Waals surface area contributed by atoms with Crippen molar-refractivity contribution >= 4 is 40.0 Å². The zero-order chi connectivity index (χ0) is 17.4. The van der Waals surface area contributed by atoms with Crippen LogP contribution >= 0.6 is 12.2 Å². The highest BCUT2D eigenvalue weighted by Crippen LogP contribution is 2.26. The van der Waals surface area contributed by atoms with E-state index in [4.69, 9.17) is 12.2 Å². The number of rotatable bonds is 4. The zero-order valence-electron chi connectivity index (χ0n) is 14.2. The molecule has 0 aliphatic carbocycles. The van der Waals surface area contributed by atoms with E-state index in [2.05, 4.69) is 75.1 Å². The van der Waals surface area contributed by atoms with Crippen LogP contribution in [0.5, 0.6) is 0 Å². The molecule has 0 saturated carbocycles. The number of nitrogens with zero attached hydrogens (tertiary/aromatic N) is 3. The van der Waals surface area contributed by atoms with Crippen molar-refractivity contribution < 1.29 is 0 Å². The van der Waals surface area contributed by atoms with Gasteiger partial charge in [0.25, 0.3) is 0 Å². The van der Waals surface area contributed by atoms with Gasteiger partial charge < -0.3 is 14.9 Å². The lowest BCUT2D eigenvalue weighted by Crippen LogP contribution is -2.02. The summed E-state index contributed by atoms with van der Waals surface area (Å²) in [5.41, 5.74) is 5.46. The Morgan fingerprint density at radius 1 is 1.16 bits per heavy atom. The number of nitrogens with one attached hydrogen (secondary N) is 2. The highest BCUT2D eigenvalue weighted by Gasteiger charge is 2.09. The Labute approximate surface area is 150 Å². The van der Waals surface area contributed by atoms with Crippen LogP contribution < -0.4 is 5.32 Å². The lowest BCUT2D eigenvalue weighted by molar-refractivity contribution is 0.774. The molecule has 2 heterocycles. The van der Waals surface area contributed by atoms with Gasteiger partial charge in [0.2, 0.25) is 0 Å². The lowest BCUT2D eigenvalue weighted by atomic mass is 10.1. The Kier molecular flexibility index (Phi) is 3.97. The molecule has 0 aliphatic heterocycles. The zero-order valence-corrected chi connectivity index (χ0v) is 15.0. The van der Waals surface area contributed by atoms with Crippen LogP contribution in [-0.4, -0.2) is 19.5 Å². The van der Waals surface area contributed by atoms with E-state index in [1.54, 1.807) is 6.33 Å². The minimum absolute atomic E-state index is 0.719. The van der Waals surface area contributed by atoms with Crippen LogP contribution in [0, 0.1) is 11.7 Å². The van der Waals surface area contributed by atoms with Gasteiger partial charge in [0.05, 0.1) is 16.6 Å². The van der Waals surface area contributed by atoms with Gasteiger partial charge in [0, 0.05) is 18.5 Å². The highest BCUT2D eigenvalue weighted by molar-refractivity contribution is 7.71. The molecule has 0 aliphatic rings. The number of anilines is 1. The van der Waals surface area contributed by atoms with Crippen LogP contribution in [0.25, 0.3) is 21.9 Å². The van der Waals surface area contributed by atoms with Crippen molar-refractivity contribution in [3.63, 3.8) is 0 Å². The van der Waals surface area contributed by atoms with Gasteiger partial charge in [-0.2, -0.15) is 0 Å². The maximum atomic E-state index is 5.40. The Morgan fingerprint density at radius 2 is 1.96 bits per heavy atom. The maximum absolute atomic E-state index is 5.40. The predicted octanol–water partition coefficient (Wildman–Crippen LogP) is 4.58. The normalized spacial score (nSPS) is 11.3. The smallest absolute Gasteiger partial charge is 0.178 e. The molecule has 0 saturated heterocycles. The summed E-state index contributed by atoms with van der Waals surface area (Å²) in [4.78, 5) is 12.1. The largest absolute Gasteiger partial charge is 0.365 e. The van der Waals surface area contributed by atoms with Gasteiger partial charge in [-0.25, -0.2) is 9.97 Å². The van der Waals surface area contributed by atoms with Crippen molar-refractivity contribution in [2.45, 2.75) is 26.9 Å². The summed E-state index contributed by atoms with van der Waals surface area (Å²) in [7, 11) is 0. The van der Waals surface area contributed by atoms with Crippen LogP contribution in [0.2, 0.25) is 0 Å². The highest BCUT2D eigenvalue weighted by atomic mass is 32.1. The molecule has 0 bridgehead atoms. The van der Waals surface area contributed by atoms with Gasteiger partial charge in [0.1, 0.15) is 12.1 Å². The van der Waals surface area contributed by atoms with E-state index in [-0.39, 0.29) is 0 Å². The van der Waals surface area contributed by atoms with Crippen LogP contribution in [0.4, 0.5) is 5.82 Å². The number of hydrogen-bond acceptors (Lipinski definition) is 4. The van der Waals surface area contributed by atoms with Crippen molar-refractivity contribution in [3.8, 4) is 0 Å². The summed E-state index contributed by atoms with van der Waals surface area (Å²) in [5, 5.41) is 4.41. The summed E-state index contributed by atoms with van der Waals surface area (Å²) < 4.78 is 2.81. The number of imidazole rings is 1. The van der Waals surface area contributed by atoms with E-state index >= 15 is 0 Å². The number of aromatic nitrogens is 4. The molecule has 25 heavy (non-hydrogen) atoms. The summed E-state index contributed by atoms with van der Waals surface area (Å²) >= 11 is 5.40. The van der Waals surface area contributed by atoms with Crippen LogP contribution in [0.1, 0.15) is 18.1 Å². The molecular weight excluding hydrogens is 330 g/mol. The molecule has 2 aromatic carbocycles. The molecule has 0 radical (unpaired) electrons. The standard InChI is InChI=1S/C19H19N5S/c1-3-24-17-9-15-14(8-16(17)23-19(24)25)18(22-11-21-15)20-10-13-6-4-12(2)5-7-13/h4-9,11H,3,10H2,1-2H3,(H,23,25)(H,20,21,22). The Morgan fingerprint density at radius 3 is 2.72 bits per heavy atom. The Hall–Kier alpha value is -2.73. The summed E-state index contributed by atoms with van der Waals surface area (Å²) in [5.74, 6) is 0.830. The second-order valence-electron chi connectivity index (χ2n) is 6.12. The second kappa shape index (κ2) is 6.29. The average molecular weight is 349 g/mol. The summed E-state index contributed by atoms with van der Waals surface area (Å²) in [6, 6.07) is 12.6. The molecule has 5 nitrogen and oxygen atoms in total. The fourth-order valence-electron chi connectivity index (χ4n) is 3.05. The first-order valence-electron chi connectivity index (χ1n) is 8.32. The molecule has 2 N–H and O–H groups in total. The van der Waals surface area contributed by atoms with Gasteiger partial charge in [-0.3, -0.25) is 0 Å². The summed E-state index contributed by atoms with van der Waals surface area (Å²) in [6.45, 7) is 5.72. The van der Waals surface area contributed by atoms with E-state index in [1.165, 1.54) is 11.1 Å². The number of aryl methyl sites for hydroxylation is 2. The minimum Gasteiger partial charge on any atom is -0.365 e. The molecule has 0 amide bonds. The number of H-pyrrole nitrogens is 1. The summed E-state index contributed by atoms with van der Waals surface area (Å²) in [6.07, 6.45) is 1.60. The van der Waals surface area contributed by atoms with Gasteiger partial charge in [-0.15, -0.1) is 0 Å². The second-order valence-corrected chi connectivity index (χ2v) is 6.51. The van der Waals surface area contributed by atoms with Crippen LogP contribution in [0.15, 0.2) is 42.7 Å². The van der Waals surface area contributed by atoms with Crippen molar-refractivity contribution in [2.24, 2.45) is 0 Å². The molecule has 0 spiro atoms.